The van der Waals surface area contributed by atoms with Crippen LogP contribution in [0, 0.1) is 5.92 Å². The Morgan fingerprint density at radius 1 is 1.07 bits per heavy atom. The Morgan fingerprint density at radius 2 is 1.85 bits per heavy atom. The lowest BCUT2D eigenvalue weighted by Crippen LogP contribution is -2.33. The van der Waals surface area contributed by atoms with Crippen LogP contribution in [0.3, 0.4) is 0 Å². The standard InChI is InChI=1S/C21H25N3O3/c25-19(11-13-23-21(26)17-6-4-5-7-17)24-15-16-10-12-22-20(14-16)27-18-8-2-1-3-9-18/h1-3,8-10,12,14,17H,4-7,11,13,15H2,(H,23,26)(H,24,25). The van der Waals surface area contributed by atoms with Crippen LogP contribution < -0.4 is 15.4 Å². The molecule has 1 aliphatic carbocycles. The molecule has 0 aliphatic heterocycles. The minimum atomic E-state index is -0.0935. The number of pyridine rings is 1. The number of nitrogens with one attached hydrogen (secondary N) is 2. The highest BCUT2D eigenvalue weighted by atomic mass is 16.5. The first-order valence-electron chi connectivity index (χ1n) is 9.43. The predicted molar refractivity (Wildman–Crippen MR) is 102 cm³/mol. The van der Waals surface area contributed by atoms with Crippen molar-refractivity contribution in [1.29, 1.82) is 0 Å². The molecule has 0 saturated heterocycles. The summed E-state index contributed by atoms with van der Waals surface area (Å²) in [6.07, 6.45) is 6.11. The van der Waals surface area contributed by atoms with Crippen LogP contribution in [0.1, 0.15) is 37.7 Å². The first-order chi connectivity index (χ1) is 13.2. The van der Waals surface area contributed by atoms with Gasteiger partial charge in [-0.1, -0.05) is 31.0 Å². The highest BCUT2D eigenvalue weighted by molar-refractivity contribution is 5.80. The molecule has 1 aromatic carbocycles. The van der Waals surface area contributed by atoms with Crippen molar-refractivity contribution >= 4 is 11.8 Å². The Bertz CT molecular complexity index is 758. The van der Waals surface area contributed by atoms with E-state index in [4.69, 9.17) is 4.74 Å². The van der Waals surface area contributed by atoms with Gasteiger partial charge in [0, 0.05) is 37.7 Å². The molecule has 1 aromatic heterocycles. The average molecular weight is 367 g/mol. The van der Waals surface area contributed by atoms with Crippen LogP contribution in [0.5, 0.6) is 11.6 Å². The molecule has 6 nitrogen and oxygen atoms in total. The summed E-state index contributed by atoms with van der Waals surface area (Å²) in [6.45, 7) is 0.767. The number of para-hydroxylation sites is 1. The van der Waals surface area contributed by atoms with Gasteiger partial charge in [0.25, 0.3) is 0 Å². The summed E-state index contributed by atoms with van der Waals surface area (Å²) in [6, 6.07) is 13.1. The predicted octanol–water partition coefficient (Wildman–Crippen LogP) is 3.19. The summed E-state index contributed by atoms with van der Waals surface area (Å²) in [5.41, 5.74) is 0.902. The van der Waals surface area contributed by atoms with E-state index in [-0.39, 0.29) is 24.2 Å². The second-order valence-corrected chi connectivity index (χ2v) is 6.72. The maximum Gasteiger partial charge on any atom is 0.223 e. The van der Waals surface area contributed by atoms with E-state index in [1.54, 1.807) is 12.3 Å². The van der Waals surface area contributed by atoms with Crippen molar-refractivity contribution in [3.8, 4) is 11.6 Å². The smallest absolute Gasteiger partial charge is 0.223 e. The van der Waals surface area contributed by atoms with Gasteiger partial charge in [-0.3, -0.25) is 9.59 Å². The number of amides is 2. The molecule has 0 atom stereocenters. The van der Waals surface area contributed by atoms with Crippen LogP contribution in [-0.2, 0) is 16.1 Å². The Balaban J connectivity index is 1.39. The van der Waals surface area contributed by atoms with Gasteiger partial charge >= 0.3 is 0 Å². The molecule has 3 rings (SSSR count). The van der Waals surface area contributed by atoms with Gasteiger partial charge in [0.1, 0.15) is 5.75 Å². The SMILES string of the molecule is O=C(CCNC(=O)C1CCCC1)NCc1ccnc(Oc2ccccc2)c1. The minimum Gasteiger partial charge on any atom is -0.439 e. The number of nitrogens with zero attached hydrogens (tertiary/aromatic N) is 1. The third-order valence-electron chi connectivity index (χ3n) is 4.63. The summed E-state index contributed by atoms with van der Waals surface area (Å²) < 4.78 is 5.69. The number of carbonyl (C=O) groups excluding carboxylic acids is 2. The van der Waals surface area contributed by atoms with Crippen molar-refractivity contribution in [1.82, 2.24) is 15.6 Å². The molecule has 0 spiro atoms. The topological polar surface area (TPSA) is 80.3 Å². The van der Waals surface area contributed by atoms with Crippen molar-refractivity contribution < 1.29 is 14.3 Å². The highest BCUT2D eigenvalue weighted by Crippen LogP contribution is 2.24. The summed E-state index contributed by atoms with van der Waals surface area (Å²) in [4.78, 5) is 28.1. The van der Waals surface area contributed by atoms with Gasteiger partial charge < -0.3 is 15.4 Å². The molecular formula is C21H25N3O3. The van der Waals surface area contributed by atoms with Crippen LogP contribution in [0.2, 0.25) is 0 Å². The fraction of sp³-hybridized carbons (Fsp3) is 0.381. The maximum atomic E-state index is 12.0. The molecule has 0 unspecified atom stereocenters. The summed E-state index contributed by atoms with van der Waals surface area (Å²) >= 11 is 0. The molecule has 2 N–H and O–H groups in total. The van der Waals surface area contributed by atoms with E-state index < -0.39 is 0 Å². The first kappa shape index (κ1) is 18.9. The van der Waals surface area contributed by atoms with E-state index in [2.05, 4.69) is 15.6 Å². The summed E-state index contributed by atoms with van der Waals surface area (Å²) in [7, 11) is 0. The van der Waals surface area contributed by atoms with Gasteiger partial charge in [-0.2, -0.15) is 0 Å². The quantitative estimate of drug-likeness (QED) is 0.751. The van der Waals surface area contributed by atoms with E-state index in [1.165, 1.54) is 0 Å². The van der Waals surface area contributed by atoms with Crippen LogP contribution in [-0.4, -0.2) is 23.3 Å². The van der Waals surface area contributed by atoms with Crippen molar-refractivity contribution in [3.05, 3.63) is 54.2 Å². The number of hydrogen-bond donors (Lipinski definition) is 2. The van der Waals surface area contributed by atoms with Crippen molar-refractivity contribution in [3.63, 3.8) is 0 Å². The zero-order chi connectivity index (χ0) is 18.9. The van der Waals surface area contributed by atoms with Crippen molar-refractivity contribution in [2.45, 2.75) is 38.6 Å². The lowest BCUT2D eigenvalue weighted by molar-refractivity contribution is -0.125. The van der Waals surface area contributed by atoms with E-state index >= 15 is 0 Å². The number of rotatable bonds is 8. The van der Waals surface area contributed by atoms with E-state index in [9.17, 15) is 9.59 Å². The second-order valence-electron chi connectivity index (χ2n) is 6.72. The third-order valence-corrected chi connectivity index (χ3v) is 4.63. The Morgan fingerprint density at radius 3 is 2.63 bits per heavy atom. The fourth-order valence-corrected chi connectivity index (χ4v) is 3.15. The molecule has 27 heavy (non-hydrogen) atoms. The van der Waals surface area contributed by atoms with E-state index in [0.717, 1.165) is 31.2 Å². The van der Waals surface area contributed by atoms with Gasteiger partial charge in [0.05, 0.1) is 0 Å². The number of ether oxygens (including phenoxy) is 1. The minimum absolute atomic E-state index is 0.0807. The molecule has 1 aliphatic rings. The van der Waals surface area contributed by atoms with Gasteiger partial charge in [0.15, 0.2) is 0 Å². The van der Waals surface area contributed by atoms with Gasteiger partial charge in [0.2, 0.25) is 17.7 Å². The second kappa shape index (κ2) is 9.71. The normalized spacial score (nSPS) is 13.9. The van der Waals surface area contributed by atoms with Crippen LogP contribution >= 0.6 is 0 Å². The van der Waals surface area contributed by atoms with E-state index in [1.807, 2.05) is 36.4 Å². The fourth-order valence-electron chi connectivity index (χ4n) is 3.15. The average Bonchev–Trinajstić information content (AvgIpc) is 3.22. The molecule has 6 heteroatoms. The number of carbonyl (C=O) groups is 2. The van der Waals surface area contributed by atoms with Crippen molar-refractivity contribution in [2.75, 3.05) is 6.54 Å². The lowest BCUT2D eigenvalue weighted by atomic mass is 10.1. The van der Waals surface area contributed by atoms with Gasteiger partial charge in [-0.05, 0) is 36.6 Å². The third kappa shape index (κ3) is 6.09. The Kier molecular flexibility index (Phi) is 6.79. The number of aromatic nitrogens is 1. The maximum absolute atomic E-state index is 12.0. The number of hydrogen-bond acceptors (Lipinski definition) is 4. The van der Waals surface area contributed by atoms with Gasteiger partial charge in [-0.25, -0.2) is 4.98 Å². The lowest BCUT2D eigenvalue weighted by Gasteiger charge is -2.11. The summed E-state index contributed by atoms with van der Waals surface area (Å²) in [5.74, 6) is 1.31. The first-order valence-corrected chi connectivity index (χ1v) is 9.43. The molecular weight excluding hydrogens is 342 g/mol. The molecule has 0 bridgehead atoms. The molecule has 2 amide bonds. The van der Waals surface area contributed by atoms with E-state index in [0.29, 0.717) is 24.7 Å². The van der Waals surface area contributed by atoms with Gasteiger partial charge in [-0.15, -0.1) is 0 Å². The molecule has 1 fully saturated rings. The molecule has 142 valence electrons. The monoisotopic (exact) mass is 367 g/mol. The highest BCUT2D eigenvalue weighted by Gasteiger charge is 2.22. The van der Waals surface area contributed by atoms with Crippen LogP contribution in [0.4, 0.5) is 0 Å². The Hall–Kier alpha value is -2.89. The van der Waals surface area contributed by atoms with Crippen LogP contribution in [0.15, 0.2) is 48.7 Å². The molecule has 1 saturated carbocycles. The Labute approximate surface area is 159 Å². The zero-order valence-electron chi connectivity index (χ0n) is 15.3. The molecule has 1 heterocycles. The largest absolute Gasteiger partial charge is 0.439 e. The number of benzene rings is 1. The van der Waals surface area contributed by atoms with Crippen LogP contribution in [0.25, 0.3) is 0 Å². The molecule has 0 radical (unpaired) electrons. The summed E-state index contributed by atoms with van der Waals surface area (Å²) in [5, 5.41) is 5.72. The molecule has 2 aromatic rings. The van der Waals surface area contributed by atoms with Crippen molar-refractivity contribution in [2.24, 2.45) is 5.92 Å². The zero-order valence-corrected chi connectivity index (χ0v) is 15.3.